The molecule has 5 heteroatoms. The average molecular weight is 332 g/mol. The summed E-state index contributed by atoms with van der Waals surface area (Å²) in [7, 11) is 0. The summed E-state index contributed by atoms with van der Waals surface area (Å²) in [4.78, 5) is 0. The van der Waals surface area contributed by atoms with Gasteiger partial charge in [0.1, 0.15) is 11.9 Å². The maximum Gasteiger partial charge on any atom is 0.417 e. The molecule has 0 aliphatic heterocycles. The van der Waals surface area contributed by atoms with E-state index in [-0.39, 0.29) is 17.9 Å². The molecule has 0 aromatic heterocycles. The molecule has 2 fully saturated rings. The van der Waals surface area contributed by atoms with E-state index >= 15 is 0 Å². The van der Waals surface area contributed by atoms with Crippen molar-refractivity contribution in [2.75, 3.05) is 0 Å². The molecule has 2 saturated carbocycles. The quantitative estimate of drug-likeness (QED) is 0.580. The molecular formula is C18H27F3O2. The molecule has 0 bridgehead atoms. The normalized spacial score (nSPS) is 34.2. The number of alkyl halides is 3. The molecule has 23 heavy (non-hydrogen) atoms. The zero-order chi connectivity index (χ0) is 17.4. The van der Waals surface area contributed by atoms with E-state index in [1.807, 2.05) is 0 Å². The van der Waals surface area contributed by atoms with Crippen molar-refractivity contribution in [1.29, 1.82) is 0 Å². The van der Waals surface area contributed by atoms with Crippen LogP contribution in [0.15, 0.2) is 24.5 Å². The number of halogens is 3. The third kappa shape index (κ3) is 3.59. The van der Waals surface area contributed by atoms with Gasteiger partial charge in [-0.05, 0) is 69.3 Å². The lowest BCUT2D eigenvalue weighted by atomic mass is 9.60. The van der Waals surface area contributed by atoms with E-state index in [2.05, 4.69) is 13.2 Å². The van der Waals surface area contributed by atoms with Crippen molar-refractivity contribution in [3.8, 4) is 0 Å². The van der Waals surface area contributed by atoms with Gasteiger partial charge < -0.3 is 9.84 Å². The molecule has 0 radical (unpaired) electrons. The van der Waals surface area contributed by atoms with Gasteiger partial charge in [-0.1, -0.05) is 19.6 Å². The molecule has 2 rings (SSSR count). The summed E-state index contributed by atoms with van der Waals surface area (Å²) >= 11 is 0. The van der Waals surface area contributed by atoms with Crippen molar-refractivity contribution in [2.24, 2.45) is 17.8 Å². The molecule has 5 atom stereocenters. The highest BCUT2D eigenvalue weighted by atomic mass is 19.4. The number of aliphatic hydroxyl groups is 1. The highest BCUT2D eigenvalue weighted by Crippen LogP contribution is 2.52. The lowest BCUT2D eigenvalue weighted by Gasteiger charge is -2.50. The number of allylic oxidation sites excluding steroid dienone is 1. The van der Waals surface area contributed by atoms with E-state index in [1.54, 1.807) is 6.92 Å². The van der Waals surface area contributed by atoms with Gasteiger partial charge in [-0.15, -0.1) is 0 Å². The Morgan fingerprint density at radius 1 is 1.04 bits per heavy atom. The minimum atomic E-state index is -4.60. The van der Waals surface area contributed by atoms with Crippen LogP contribution >= 0.6 is 0 Å². The predicted molar refractivity (Wildman–Crippen MR) is 83.7 cm³/mol. The van der Waals surface area contributed by atoms with Crippen LogP contribution in [0.4, 0.5) is 13.2 Å². The monoisotopic (exact) mass is 332 g/mol. The van der Waals surface area contributed by atoms with E-state index in [9.17, 15) is 18.3 Å². The van der Waals surface area contributed by atoms with Gasteiger partial charge in [-0.2, -0.15) is 13.2 Å². The van der Waals surface area contributed by atoms with Gasteiger partial charge in [0.05, 0.1) is 0 Å². The first-order valence-electron chi connectivity index (χ1n) is 8.36. The summed E-state index contributed by atoms with van der Waals surface area (Å²) in [6, 6.07) is 0. The van der Waals surface area contributed by atoms with Crippen molar-refractivity contribution in [1.82, 2.24) is 0 Å². The third-order valence-electron chi connectivity index (χ3n) is 5.69. The SMILES string of the molecule is C=C(C)C(=C)OC1CCCC2C1CCCC2C(C)(O)C(F)(F)F. The number of hydrogen-bond donors (Lipinski definition) is 1. The van der Waals surface area contributed by atoms with Crippen molar-refractivity contribution in [3.05, 3.63) is 24.5 Å². The fraction of sp³-hybridized carbons (Fsp3) is 0.778. The Morgan fingerprint density at radius 3 is 2.17 bits per heavy atom. The van der Waals surface area contributed by atoms with Crippen LogP contribution in [0.2, 0.25) is 0 Å². The number of ether oxygens (including phenoxy) is 1. The fourth-order valence-corrected chi connectivity index (χ4v) is 4.28. The van der Waals surface area contributed by atoms with Crippen molar-refractivity contribution >= 4 is 0 Å². The molecule has 132 valence electrons. The summed E-state index contributed by atoms with van der Waals surface area (Å²) in [5.74, 6) is -0.351. The van der Waals surface area contributed by atoms with Crippen LogP contribution in [0.5, 0.6) is 0 Å². The zero-order valence-corrected chi connectivity index (χ0v) is 14.0. The predicted octanol–water partition coefficient (Wildman–Crippen LogP) is 4.99. The van der Waals surface area contributed by atoms with E-state index in [1.165, 1.54) is 0 Å². The lowest BCUT2D eigenvalue weighted by molar-refractivity contribution is -0.286. The minimum absolute atomic E-state index is 0.0485. The van der Waals surface area contributed by atoms with E-state index in [0.29, 0.717) is 18.6 Å². The number of rotatable bonds is 4. The standard InChI is InChI=1S/C18H27F3O2/c1-11(2)12(3)23-16-10-6-7-13-14(16)8-5-9-15(13)17(4,22)18(19,20)21/h13-16,22H,1,3,5-10H2,2,4H3. The summed E-state index contributed by atoms with van der Waals surface area (Å²) in [5.41, 5.74) is -1.90. The van der Waals surface area contributed by atoms with Crippen LogP contribution in [0.1, 0.15) is 52.4 Å². The molecule has 5 unspecified atom stereocenters. The molecule has 2 nitrogen and oxygen atoms in total. The molecule has 2 aliphatic carbocycles. The molecule has 0 aromatic rings. The van der Waals surface area contributed by atoms with E-state index in [0.717, 1.165) is 38.2 Å². The molecule has 0 amide bonds. The van der Waals surface area contributed by atoms with Gasteiger partial charge in [0.15, 0.2) is 5.60 Å². The van der Waals surface area contributed by atoms with E-state index in [4.69, 9.17) is 4.74 Å². The topological polar surface area (TPSA) is 29.5 Å². The largest absolute Gasteiger partial charge is 0.491 e. The van der Waals surface area contributed by atoms with Crippen LogP contribution in [-0.4, -0.2) is 23.0 Å². The fourth-order valence-electron chi connectivity index (χ4n) is 4.28. The van der Waals surface area contributed by atoms with Gasteiger partial charge in [0, 0.05) is 0 Å². The van der Waals surface area contributed by atoms with Crippen LogP contribution in [0, 0.1) is 17.8 Å². The average Bonchev–Trinajstić information content (AvgIpc) is 2.45. The van der Waals surface area contributed by atoms with Gasteiger partial charge in [-0.3, -0.25) is 0 Å². The van der Waals surface area contributed by atoms with Crippen LogP contribution in [0.25, 0.3) is 0 Å². The second-order valence-corrected chi connectivity index (χ2v) is 7.30. The first kappa shape index (κ1) is 18.4. The maximum atomic E-state index is 13.3. The molecule has 2 aliphatic rings. The Labute approximate surface area is 136 Å². The first-order valence-corrected chi connectivity index (χ1v) is 8.36. The summed E-state index contributed by atoms with van der Waals surface area (Å²) in [6.45, 7) is 10.4. The molecule has 0 saturated heterocycles. The Balaban J connectivity index is 2.19. The van der Waals surface area contributed by atoms with Gasteiger partial charge in [-0.25, -0.2) is 0 Å². The summed E-state index contributed by atoms with van der Waals surface area (Å²) < 4.78 is 45.8. The highest BCUT2D eigenvalue weighted by molar-refractivity contribution is 5.16. The smallest absolute Gasteiger partial charge is 0.417 e. The Morgan fingerprint density at radius 2 is 1.61 bits per heavy atom. The molecule has 0 aromatic carbocycles. The van der Waals surface area contributed by atoms with Crippen LogP contribution in [-0.2, 0) is 4.74 Å². The van der Waals surface area contributed by atoms with Crippen LogP contribution < -0.4 is 0 Å². The van der Waals surface area contributed by atoms with E-state index < -0.39 is 17.7 Å². The highest BCUT2D eigenvalue weighted by Gasteiger charge is 2.59. The Kier molecular flexibility index (Phi) is 5.19. The minimum Gasteiger partial charge on any atom is -0.491 e. The third-order valence-corrected chi connectivity index (χ3v) is 5.69. The van der Waals surface area contributed by atoms with Crippen molar-refractivity contribution < 1.29 is 23.0 Å². The summed E-state index contributed by atoms with van der Waals surface area (Å²) in [5, 5.41) is 10.2. The maximum absolute atomic E-state index is 13.3. The Hall–Kier alpha value is -0.970. The second-order valence-electron chi connectivity index (χ2n) is 7.30. The van der Waals surface area contributed by atoms with Gasteiger partial charge >= 0.3 is 6.18 Å². The first-order chi connectivity index (χ1) is 10.6. The van der Waals surface area contributed by atoms with Crippen molar-refractivity contribution in [3.63, 3.8) is 0 Å². The van der Waals surface area contributed by atoms with Crippen molar-refractivity contribution in [2.45, 2.75) is 70.3 Å². The Bertz CT molecular complexity index is 467. The zero-order valence-electron chi connectivity index (χ0n) is 14.0. The molecule has 0 heterocycles. The van der Waals surface area contributed by atoms with Gasteiger partial charge in [0.25, 0.3) is 0 Å². The van der Waals surface area contributed by atoms with Crippen LogP contribution in [0.3, 0.4) is 0 Å². The van der Waals surface area contributed by atoms with Gasteiger partial charge in [0.2, 0.25) is 0 Å². The number of hydrogen-bond acceptors (Lipinski definition) is 2. The molecular weight excluding hydrogens is 305 g/mol. The molecule has 1 N–H and O–H groups in total. The number of fused-ring (bicyclic) bond motifs is 1. The lowest BCUT2D eigenvalue weighted by Crippen LogP contribution is -2.55. The molecule has 0 spiro atoms. The summed E-state index contributed by atoms with van der Waals surface area (Å²) in [6.07, 6.45) is -0.392. The second kappa shape index (κ2) is 6.50.